The molecule has 0 atom stereocenters. The van der Waals surface area contributed by atoms with Crippen LogP contribution in [0, 0.1) is 0 Å². The molecular formula is C28H30ClNO3S. The van der Waals surface area contributed by atoms with Gasteiger partial charge in [0.15, 0.2) is 5.75 Å². The molecule has 3 aromatic carbocycles. The number of nitrogens with zero attached hydrogens (tertiary/aromatic N) is 1. The van der Waals surface area contributed by atoms with Crippen molar-refractivity contribution in [2.24, 2.45) is 0 Å². The molecule has 4 nitrogen and oxygen atoms in total. The first kappa shape index (κ1) is 24.4. The lowest BCUT2D eigenvalue weighted by molar-refractivity contribution is 0.183. The summed E-state index contributed by atoms with van der Waals surface area (Å²) in [6, 6.07) is 24.5. The number of ether oxygens (including phenoxy) is 3. The minimum Gasteiger partial charge on any atom is -0.497 e. The van der Waals surface area contributed by atoms with E-state index in [1.165, 1.54) is 37.1 Å². The van der Waals surface area contributed by atoms with Crippen LogP contribution in [-0.2, 0) is 0 Å². The molecule has 178 valence electrons. The number of benzene rings is 3. The summed E-state index contributed by atoms with van der Waals surface area (Å²) in [7, 11) is 1.68. The molecule has 6 heteroatoms. The Balaban J connectivity index is 0.00000274. The van der Waals surface area contributed by atoms with Gasteiger partial charge in [0.1, 0.15) is 23.9 Å². The zero-order valence-electron chi connectivity index (χ0n) is 19.4. The van der Waals surface area contributed by atoms with Crippen molar-refractivity contribution >= 4 is 33.8 Å². The molecule has 1 aromatic heterocycles. The molecule has 0 saturated carbocycles. The molecule has 4 aromatic rings. The number of thiophene rings is 1. The molecule has 1 saturated heterocycles. The fourth-order valence-corrected chi connectivity index (χ4v) is 5.39. The summed E-state index contributed by atoms with van der Waals surface area (Å²) >= 11 is 1.74. The first-order valence-corrected chi connectivity index (χ1v) is 12.4. The van der Waals surface area contributed by atoms with Crippen LogP contribution in [0.1, 0.15) is 19.3 Å². The monoisotopic (exact) mass is 495 g/mol. The fourth-order valence-electron chi connectivity index (χ4n) is 4.25. The first-order valence-electron chi connectivity index (χ1n) is 11.6. The van der Waals surface area contributed by atoms with Gasteiger partial charge >= 0.3 is 0 Å². The second-order valence-electron chi connectivity index (χ2n) is 8.31. The molecule has 1 aliphatic rings. The minimum atomic E-state index is 0. The lowest BCUT2D eigenvalue weighted by Gasteiger charge is -2.26. The molecule has 0 spiro atoms. The maximum atomic E-state index is 6.44. The van der Waals surface area contributed by atoms with Crippen LogP contribution in [0.2, 0.25) is 0 Å². The molecule has 0 unspecified atom stereocenters. The number of rotatable bonds is 8. The summed E-state index contributed by atoms with van der Waals surface area (Å²) in [5.41, 5.74) is 1.12. The van der Waals surface area contributed by atoms with E-state index in [0.29, 0.717) is 0 Å². The summed E-state index contributed by atoms with van der Waals surface area (Å²) in [4.78, 5) is 3.60. The lowest BCUT2D eigenvalue weighted by atomic mass is 10.1. The van der Waals surface area contributed by atoms with Crippen LogP contribution in [0.4, 0.5) is 0 Å². The molecule has 0 N–H and O–H groups in total. The highest BCUT2D eigenvalue weighted by atomic mass is 35.5. The molecule has 1 aliphatic heterocycles. The minimum absolute atomic E-state index is 0. The number of likely N-dealkylation sites (tertiary alicyclic amines) is 1. The average molecular weight is 496 g/mol. The third-order valence-corrected chi connectivity index (χ3v) is 7.27. The first-order chi connectivity index (χ1) is 16.3. The van der Waals surface area contributed by atoms with Crippen molar-refractivity contribution < 1.29 is 14.2 Å². The topological polar surface area (TPSA) is 30.9 Å². The predicted octanol–water partition coefficient (Wildman–Crippen LogP) is 7.66. The largest absolute Gasteiger partial charge is 0.497 e. The number of fused-ring (bicyclic) bond motifs is 1. The van der Waals surface area contributed by atoms with Crippen LogP contribution in [0.3, 0.4) is 0 Å². The standard InChI is InChI=1S/C28H29NO3S.ClH/c1-30-22-11-9-21(10-12-22)28-27(25-7-3-4-8-26(25)33-28)32-24-15-13-23(14-16-24)31-20-19-29-17-5-2-6-18-29;/h3-4,7-16H,2,5-6,17-20H2,1H3;1H. The van der Waals surface area contributed by atoms with Gasteiger partial charge in [-0.05, 0) is 92.2 Å². The van der Waals surface area contributed by atoms with E-state index in [1.54, 1.807) is 18.4 Å². The highest BCUT2D eigenvalue weighted by Gasteiger charge is 2.16. The van der Waals surface area contributed by atoms with Gasteiger partial charge in [-0.1, -0.05) is 18.6 Å². The van der Waals surface area contributed by atoms with Gasteiger partial charge in [0, 0.05) is 16.6 Å². The van der Waals surface area contributed by atoms with E-state index in [0.717, 1.165) is 52.0 Å². The summed E-state index contributed by atoms with van der Waals surface area (Å²) < 4.78 is 18.9. The SMILES string of the molecule is COc1ccc(-c2sc3ccccc3c2Oc2ccc(OCCN3CCCCC3)cc2)cc1.Cl. The van der Waals surface area contributed by atoms with Crippen LogP contribution in [0.25, 0.3) is 20.5 Å². The van der Waals surface area contributed by atoms with Gasteiger partial charge in [0.05, 0.1) is 12.0 Å². The summed E-state index contributed by atoms with van der Waals surface area (Å²) in [5, 5.41) is 1.12. The molecule has 0 radical (unpaired) electrons. The quantitative estimate of drug-likeness (QED) is 0.251. The molecule has 5 rings (SSSR count). The van der Waals surface area contributed by atoms with Gasteiger partial charge in [-0.3, -0.25) is 4.90 Å². The van der Waals surface area contributed by atoms with Crippen molar-refractivity contribution in [3.63, 3.8) is 0 Å². The summed E-state index contributed by atoms with van der Waals surface area (Å²) in [6.07, 6.45) is 3.97. The summed E-state index contributed by atoms with van der Waals surface area (Å²) in [5.74, 6) is 3.42. The van der Waals surface area contributed by atoms with Crippen molar-refractivity contribution in [3.8, 4) is 33.4 Å². The Labute approximate surface area is 211 Å². The van der Waals surface area contributed by atoms with Gasteiger partial charge in [-0.15, -0.1) is 23.7 Å². The smallest absolute Gasteiger partial charge is 0.153 e. The van der Waals surface area contributed by atoms with E-state index in [-0.39, 0.29) is 12.4 Å². The van der Waals surface area contributed by atoms with Gasteiger partial charge < -0.3 is 14.2 Å². The number of hydrogen-bond acceptors (Lipinski definition) is 5. The molecule has 1 fully saturated rings. The maximum absolute atomic E-state index is 6.44. The van der Waals surface area contributed by atoms with Crippen molar-refractivity contribution in [1.29, 1.82) is 0 Å². The Morgan fingerprint density at radius 2 is 1.47 bits per heavy atom. The zero-order valence-corrected chi connectivity index (χ0v) is 21.0. The molecule has 0 aliphatic carbocycles. The van der Waals surface area contributed by atoms with Gasteiger partial charge in [0.2, 0.25) is 0 Å². The van der Waals surface area contributed by atoms with Crippen LogP contribution in [0.5, 0.6) is 23.0 Å². The Bertz CT molecular complexity index is 1180. The third kappa shape index (κ3) is 5.66. The van der Waals surface area contributed by atoms with Gasteiger partial charge in [-0.25, -0.2) is 0 Å². The molecule has 0 bridgehead atoms. The Morgan fingerprint density at radius 3 is 2.21 bits per heavy atom. The number of halogens is 1. The second-order valence-corrected chi connectivity index (χ2v) is 9.36. The Morgan fingerprint density at radius 1 is 0.794 bits per heavy atom. The lowest BCUT2D eigenvalue weighted by Crippen LogP contribution is -2.33. The van der Waals surface area contributed by atoms with E-state index in [2.05, 4.69) is 41.3 Å². The number of hydrogen-bond donors (Lipinski definition) is 0. The van der Waals surface area contributed by atoms with Crippen molar-refractivity contribution in [2.75, 3.05) is 33.4 Å². The maximum Gasteiger partial charge on any atom is 0.153 e. The molecule has 2 heterocycles. The van der Waals surface area contributed by atoms with Crippen molar-refractivity contribution in [2.45, 2.75) is 19.3 Å². The van der Waals surface area contributed by atoms with Crippen LogP contribution >= 0.6 is 23.7 Å². The molecule has 0 amide bonds. The van der Waals surface area contributed by atoms with Gasteiger partial charge in [0.25, 0.3) is 0 Å². The van der Waals surface area contributed by atoms with E-state index in [9.17, 15) is 0 Å². The van der Waals surface area contributed by atoms with E-state index in [1.807, 2.05) is 36.4 Å². The van der Waals surface area contributed by atoms with Gasteiger partial charge in [-0.2, -0.15) is 0 Å². The predicted molar refractivity (Wildman–Crippen MR) is 143 cm³/mol. The van der Waals surface area contributed by atoms with Crippen molar-refractivity contribution in [3.05, 3.63) is 72.8 Å². The van der Waals surface area contributed by atoms with E-state index < -0.39 is 0 Å². The fraction of sp³-hybridized carbons (Fsp3) is 0.286. The van der Waals surface area contributed by atoms with Crippen LogP contribution < -0.4 is 14.2 Å². The number of piperidine rings is 1. The average Bonchev–Trinajstić information content (AvgIpc) is 3.24. The Kier molecular flexibility index (Phi) is 8.33. The zero-order chi connectivity index (χ0) is 22.5. The second kappa shape index (κ2) is 11.6. The highest BCUT2D eigenvalue weighted by molar-refractivity contribution is 7.22. The normalized spacial score (nSPS) is 13.9. The van der Waals surface area contributed by atoms with Crippen molar-refractivity contribution in [1.82, 2.24) is 4.90 Å². The molecular weight excluding hydrogens is 466 g/mol. The molecule has 34 heavy (non-hydrogen) atoms. The van der Waals surface area contributed by atoms with Crippen LogP contribution in [0.15, 0.2) is 72.8 Å². The summed E-state index contributed by atoms with van der Waals surface area (Å²) in [6.45, 7) is 4.10. The van der Waals surface area contributed by atoms with E-state index >= 15 is 0 Å². The van der Waals surface area contributed by atoms with E-state index in [4.69, 9.17) is 14.2 Å². The Hall–Kier alpha value is -2.73. The highest BCUT2D eigenvalue weighted by Crippen LogP contribution is 2.46. The third-order valence-electron chi connectivity index (χ3n) is 6.07. The van der Waals surface area contributed by atoms with Crippen LogP contribution in [-0.4, -0.2) is 38.3 Å². The number of methoxy groups -OCH3 is 1.